The second-order valence-electron chi connectivity index (χ2n) is 5.22. The number of carboxylic acid groups (broad SMARTS) is 1. The van der Waals surface area contributed by atoms with E-state index in [1.807, 2.05) is 4.90 Å². The van der Waals surface area contributed by atoms with Crippen LogP contribution in [0.3, 0.4) is 0 Å². The largest absolute Gasteiger partial charge is 0.507 e. The van der Waals surface area contributed by atoms with Crippen molar-refractivity contribution in [1.29, 1.82) is 0 Å². The van der Waals surface area contributed by atoms with Crippen LogP contribution in [-0.4, -0.2) is 62.1 Å². The van der Waals surface area contributed by atoms with E-state index in [0.29, 0.717) is 16.4 Å². The van der Waals surface area contributed by atoms with Crippen LogP contribution in [0.15, 0.2) is 23.2 Å². The predicted octanol–water partition coefficient (Wildman–Crippen LogP) is 1.85. The first-order valence-corrected chi connectivity index (χ1v) is 8.76. The highest BCUT2D eigenvalue weighted by Crippen LogP contribution is 2.37. The number of phenols is 1. The number of phenolic OH excluding ortho intramolecular Hbond substituents is 1. The third kappa shape index (κ3) is 2.82. The van der Waals surface area contributed by atoms with Gasteiger partial charge in [-0.1, -0.05) is 0 Å². The molecule has 8 heteroatoms. The van der Waals surface area contributed by atoms with Crippen molar-refractivity contribution in [2.24, 2.45) is 4.99 Å². The van der Waals surface area contributed by atoms with Gasteiger partial charge in [0, 0.05) is 23.1 Å². The van der Waals surface area contributed by atoms with Crippen LogP contribution >= 0.6 is 23.5 Å². The van der Waals surface area contributed by atoms with Gasteiger partial charge in [0.2, 0.25) is 0 Å². The van der Waals surface area contributed by atoms with E-state index in [-0.39, 0.29) is 17.2 Å². The van der Waals surface area contributed by atoms with Crippen molar-refractivity contribution in [3.63, 3.8) is 0 Å². The number of nitrogens with zero attached hydrogens (tertiary/aromatic N) is 2. The summed E-state index contributed by atoms with van der Waals surface area (Å²) in [7, 11) is 1.80. The van der Waals surface area contributed by atoms with Gasteiger partial charge < -0.3 is 10.2 Å². The number of aromatic hydroxyl groups is 1. The summed E-state index contributed by atoms with van der Waals surface area (Å²) in [5.41, 5.74) is 0.523. The Hall–Kier alpha value is -1.25. The zero-order chi connectivity index (χ0) is 15.9. The van der Waals surface area contributed by atoms with Crippen molar-refractivity contribution < 1.29 is 19.4 Å². The molecule has 3 atom stereocenters. The number of aliphatic imine (C=N–C) groups is 1. The molecule has 118 valence electrons. The Kier molecular flexibility index (Phi) is 4.33. The Morgan fingerprint density at radius 1 is 1.45 bits per heavy atom. The normalized spacial score (nSPS) is 28.8. The van der Waals surface area contributed by atoms with Crippen molar-refractivity contribution in [3.8, 4) is 5.75 Å². The quantitative estimate of drug-likeness (QED) is 0.873. The summed E-state index contributed by atoms with van der Waals surface area (Å²) in [6.07, 6.45) is 0. The molecule has 0 aliphatic carbocycles. The van der Waals surface area contributed by atoms with E-state index in [1.54, 1.807) is 18.8 Å². The van der Waals surface area contributed by atoms with E-state index in [2.05, 4.69) is 4.99 Å². The molecule has 2 aliphatic heterocycles. The number of thioether (sulfide) groups is 2. The highest BCUT2D eigenvalue weighted by molar-refractivity contribution is 8.14. The summed E-state index contributed by atoms with van der Waals surface area (Å²) in [5.74, 6) is -0.159. The number of benzene rings is 1. The average molecular weight is 342 g/mol. The van der Waals surface area contributed by atoms with Crippen molar-refractivity contribution in [2.75, 3.05) is 18.6 Å². The van der Waals surface area contributed by atoms with Crippen molar-refractivity contribution in [3.05, 3.63) is 29.6 Å². The molecule has 1 aromatic rings. The molecule has 0 spiro atoms. The molecule has 2 aliphatic rings. The van der Waals surface area contributed by atoms with E-state index in [0.717, 1.165) is 11.8 Å². The van der Waals surface area contributed by atoms with Crippen LogP contribution in [-0.2, 0) is 4.79 Å². The molecule has 0 saturated carbocycles. The van der Waals surface area contributed by atoms with Crippen LogP contribution in [0.5, 0.6) is 5.75 Å². The minimum atomic E-state index is -0.816. The lowest BCUT2D eigenvalue weighted by Crippen LogP contribution is -2.42. The molecular weight excluding hydrogens is 327 g/mol. The topological polar surface area (TPSA) is 73.1 Å². The van der Waals surface area contributed by atoms with Gasteiger partial charge >= 0.3 is 5.97 Å². The number of halogens is 1. The first-order valence-electron chi connectivity index (χ1n) is 6.73. The molecule has 0 aromatic heterocycles. The second-order valence-corrected chi connectivity index (χ2v) is 7.38. The Morgan fingerprint density at radius 2 is 2.23 bits per heavy atom. The van der Waals surface area contributed by atoms with Crippen LogP contribution < -0.4 is 0 Å². The molecule has 0 amide bonds. The molecule has 1 aromatic carbocycles. The second kappa shape index (κ2) is 6.10. The molecule has 2 heterocycles. The lowest BCUT2D eigenvalue weighted by atomic mass is 10.2. The average Bonchev–Trinajstić information content (AvgIpc) is 3.05. The predicted molar refractivity (Wildman–Crippen MR) is 86.3 cm³/mol. The van der Waals surface area contributed by atoms with Gasteiger partial charge in [0.15, 0.2) is 0 Å². The zero-order valence-electron chi connectivity index (χ0n) is 11.8. The monoisotopic (exact) mass is 342 g/mol. The number of hydrogen-bond acceptors (Lipinski definition) is 6. The molecule has 0 radical (unpaired) electrons. The van der Waals surface area contributed by atoms with E-state index >= 15 is 0 Å². The van der Waals surface area contributed by atoms with Crippen molar-refractivity contribution in [2.45, 2.75) is 17.5 Å². The Bertz CT molecular complexity index is 641. The summed E-state index contributed by atoms with van der Waals surface area (Å²) >= 11 is 3.09. The van der Waals surface area contributed by atoms with Gasteiger partial charge in [0.05, 0.1) is 11.4 Å². The number of carbonyl (C=O) groups is 1. The van der Waals surface area contributed by atoms with Gasteiger partial charge in [0.1, 0.15) is 22.7 Å². The minimum Gasteiger partial charge on any atom is -0.507 e. The van der Waals surface area contributed by atoms with Crippen LogP contribution in [0.25, 0.3) is 0 Å². The summed E-state index contributed by atoms with van der Waals surface area (Å²) < 4.78 is 13.1. The summed E-state index contributed by atoms with van der Waals surface area (Å²) in [5, 5.41) is 19.7. The number of carboxylic acids is 1. The maximum absolute atomic E-state index is 13.1. The fraction of sp³-hybridized carbons (Fsp3) is 0.429. The SMILES string of the molecule is CN1[C@@H](C(=O)O)CS[C@H]1[C@H]1CSC(c2ccc(F)cc2O)=N1. The number of rotatable bonds is 3. The molecule has 1 saturated heterocycles. The maximum atomic E-state index is 13.1. The lowest BCUT2D eigenvalue weighted by Gasteiger charge is -2.24. The van der Waals surface area contributed by atoms with E-state index < -0.39 is 17.8 Å². The smallest absolute Gasteiger partial charge is 0.321 e. The molecule has 5 nitrogen and oxygen atoms in total. The van der Waals surface area contributed by atoms with Gasteiger partial charge in [0.25, 0.3) is 0 Å². The number of likely N-dealkylation sites (N-methyl/N-ethyl adjacent to an activating group) is 1. The highest BCUT2D eigenvalue weighted by Gasteiger charge is 2.41. The molecule has 3 rings (SSSR count). The molecular formula is C14H15FN2O3S2. The van der Waals surface area contributed by atoms with E-state index in [4.69, 9.17) is 0 Å². The third-order valence-corrected chi connectivity index (χ3v) is 6.40. The maximum Gasteiger partial charge on any atom is 0.321 e. The van der Waals surface area contributed by atoms with Gasteiger partial charge in [-0.05, 0) is 19.2 Å². The zero-order valence-corrected chi connectivity index (χ0v) is 13.4. The van der Waals surface area contributed by atoms with Crippen molar-refractivity contribution in [1.82, 2.24) is 4.90 Å². The number of hydrogen-bond donors (Lipinski definition) is 2. The van der Waals surface area contributed by atoms with Crippen LogP contribution in [0, 0.1) is 5.82 Å². The summed E-state index contributed by atoms with van der Waals surface area (Å²) in [6.45, 7) is 0. The fourth-order valence-electron chi connectivity index (χ4n) is 2.60. The molecule has 0 unspecified atom stereocenters. The Morgan fingerprint density at radius 3 is 2.86 bits per heavy atom. The first kappa shape index (κ1) is 15.6. The summed E-state index contributed by atoms with van der Waals surface area (Å²) in [4.78, 5) is 17.6. The van der Waals surface area contributed by atoms with Gasteiger partial charge in [-0.3, -0.25) is 14.7 Å². The highest BCUT2D eigenvalue weighted by atomic mass is 32.2. The van der Waals surface area contributed by atoms with E-state index in [1.165, 1.54) is 23.9 Å². The number of aliphatic carboxylic acids is 1. The standard InChI is InChI=1S/C14H15FN2O3S2/c1-17-10(14(19)20)6-22-13(17)9-5-21-12(16-9)8-3-2-7(15)4-11(8)18/h2-4,9-10,13,18H,5-6H2,1H3,(H,19,20)/t9-,10-,13+/m1/s1. The Labute approximate surface area is 135 Å². The lowest BCUT2D eigenvalue weighted by molar-refractivity contribution is -0.141. The van der Waals surface area contributed by atoms with Crippen LogP contribution in [0.2, 0.25) is 0 Å². The molecule has 22 heavy (non-hydrogen) atoms. The molecule has 2 N–H and O–H groups in total. The van der Waals surface area contributed by atoms with E-state index in [9.17, 15) is 19.4 Å². The Balaban J connectivity index is 1.79. The third-order valence-electron chi connectivity index (χ3n) is 3.80. The fourth-order valence-corrected chi connectivity index (χ4v) is 5.36. The molecule has 0 bridgehead atoms. The van der Waals surface area contributed by atoms with Gasteiger partial charge in [-0.15, -0.1) is 23.5 Å². The van der Waals surface area contributed by atoms with Crippen LogP contribution in [0.4, 0.5) is 4.39 Å². The van der Waals surface area contributed by atoms with Gasteiger partial charge in [-0.2, -0.15) is 0 Å². The summed E-state index contributed by atoms with van der Waals surface area (Å²) in [6, 6.07) is 3.36. The minimum absolute atomic E-state index is 0.00805. The van der Waals surface area contributed by atoms with Crippen LogP contribution in [0.1, 0.15) is 5.56 Å². The van der Waals surface area contributed by atoms with Crippen molar-refractivity contribution >= 4 is 34.5 Å². The van der Waals surface area contributed by atoms with Gasteiger partial charge in [-0.25, -0.2) is 4.39 Å². The first-order chi connectivity index (χ1) is 10.5. The molecule has 1 fully saturated rings.